The number of ketones is 1. The largest absolute Gasteiger partial charge is 0.481 e. The molecule has 1 saturated carbocycles. The van der Waals surface area contributed by atoms with Gasteiger partial charge in [-0.3, -0.25) is 9.59 Å². The molecule has 2 unspecified atom stereocenters. The first-order valence-electron chi connectivity index (χ1n) is 6.54. The summed E-state index contributed by atoms with van der Waals surface area (Å²) >= 11 is 5.93. The second-order valence-corrected chi connectivity index (χ2v) is 5.60. The van der Waals surface area contributed by atoms with Gasteiger partial charge in [-0.05, 0) is 37.5 Å². The van der Waals surface area contributed by atoms with Crippen molar-refractivity contribution in [3.63, 3.8) is 0 Å². The molecule has 1 aromatic rings. The molecule has 0 spiro atoms. The van der Waals surface area contributed by atoms with Crippen LogP contribution in [0.3, 0.4) is 0 Å². The molecule has 0 saturated heterocycles. The maximum absolute atomic E-state index is 12.6. The van der Waals surface area contributed by atoms with Gasteiger partial charge in [-0.1, -0.05) is 30.5 Å². The predicted octanol–water partition coefficient (Wildman–Crippen LogP) is 3.72. The molecule has 0 heterocycles. The van der Waals surface area contributed by atoms with E-state index in [2.05, 4.69) is 0 Å². The highest BCUT2D eigenvalue weighted by atomic mass is 35.5. The number of carbonyl (C=O) groups excluding carboxylic acids is 1. The lowest BCUT2D eigenvalue weighted by atomic mass is 9.75. The lowest BCUT2D eigenvalue weighted by Crippen LogP contribution is -2.33. The molecule has 0 aliphatic heterocycles. The van der Waals surface area contributed by atoms with Crippen molar-refractivity contribution in [2.75, 3.05) is 0 Å². The van der Waals surface area contributed by atoms with E-state index in [-0.39, 0.29) is 5.78 Å². The van der Waals surface area contributed by atoms with E-state index >= 15 is 0 Å². The van der Waals surface area contributed by atoms with Gasteiger partial charge in [0.25, 0.3) is 0 Å². The Balaban J connectivity index is 2.31. The molecule has 3 nitrogen and oxygen atoms in total. The zero-order valence-corrected chi connectivity index (χ0v) is 11.6. The van der Waals surface area contributed by atoms with Crippen molar-refractivity contribution in [3.05, 3.63) is 34.3 Å². The third kappa shape index (κ3) is 2.98. The van der Waals surface area contributed by atoms with Crippen LogP contribution >= 0.6 is 11.6 Å². The van der Waals surface area contributed by atoms with Crippen molar-refractivity contribution in [3.8, 4) is 0 Å². The number of carboxylic acids is 1. The Bertz CT molecular complexity index is 510. The molecule has 0 amide bonds. The molecule has 1 aliphatic rings. The van der Waals surface area contributed by atoms with Crippen molar-refractivity contribution in [2.24, 2.45) is 11.8 Å². The van der Waals surface area contributed by atoms with Gasteiger partial charge >= 0.3 is 5.97 Å². The summed E-state index contributed by atoms with van der Waals surface area (Å²) in [5.41, 5.74) is 1.41. The summed E-state index contributed by atoms with van der Waals surface area (Å²) in [4.78, 5) is 23.8. The van der Waals surface area contributed by atoms with Crippen molar-refractivity contribution < 1.29 is 14.7 Å². The Morgan fingerprint density at radius 1 is 1.21 bits per heavy atom. The Kier molecular flexibility index (Phi) is 4.25. The van der Waals surface area contributed by atoms with E-state index in [0.29, 0.717) is 23.4 Å². The summed E-state index contributed by atoms with van der Waals surface area (Å²) in [7, 11) is 0. The minimum atomic E-state index is -0.863. The maximum Gasteiger partial charge on any atom is 0.307 e. The van der Waals surface area contributed by atoms with Crippen LogP contribution in [0.1, 0.15) is 41.6 Å². The minimum absolute atomic E-state index is 0.0768. The average Bonchev–Trinajstić information content (AvgIpc) is 2.40. The van der Waals surface area contributed by atoms with Crippen LogP contribution in [0, 0.1) is 18.8 Å². The van der Waals surface area contributed by atoms with Crippen LogP contribution in [0.4, 0.5) is 0 Å². The minimum Gasteiger partial charge on any atom is -0.481 e. The number of Topliss-reactive ketones (excluding diaryl/α,β-unsaturated/α-hetero) is 1. The van der Waals surface area contributed by atoms with Crippen LogP contribution in [0.15, 0.2) is 18.2 Å². The zero-order chi connectivity index (χ0) is 14.0. The van der Waals surface area contributed by atoms with Gasteiger partial charge in [-0.15, -0.1) is 0 Å². The first kappa shape index (κ1) is 14.1. The Morgan fingerprint density at radius 3 is 2.47 bits per heavy atom. The number of hydrogen-bond donors (Lipinski definition) is 1. The number of benzene rings is 1. The number of carbonyl (C=O) groups is 2. The van der Waals surface area contributed by atoms with Crippen LogP contribution < -0.4 is 0 Å². The van der Waals surface area contributed by atoms with E-state index in [4.69, 9.17) is 11.6 Å². The van der Waals surface area contributed by atoms with Gasteiger partial charge in [0.05, 0.1) is 5.92 Å². The van der Waals surface area contributed by atoms with Gasteiger partial charge in [-0.25, -0.2) is 0 Å². The molecular formula is C15H17ClO3. The van der Waals surface area contributed by atoms with Crippen molar-refractivity contribution in [1.82, 2.24) is 0 Å². The molecule has 1 aromatic carbocycles. The molecule has 4 heteroatoms. The highest BCUT2D eigenvalue weighted by molar-refractivity contribution is 6.31. The van der Waals surface area contributed by atoms with E-state index in [1.165, 1.54) is 0 Å². The van der Waals surface area contributed by atoms with E-state index < -0.39 is 17.8 Å². The third-order valence-corrected chi connectivity index (χ3v) is 4.12. The smallest absolute Gasteiger partial charge is 0.307 e. The average molecular weight is 281 g/mol. The molecule has 19 heavy (non-hydrogen) atoms. The molecule has 1 N–H and O–H groups in total. The van der Waals surface area contributed by atoms with Gasteiger partial charge in [0.1, 0.15) is 0 Å². The standard InChI is InChI=1S/C15H17ClO3/c1-9-6-7-10(16)8-13(9)14(17)11-4-2-3-5-12(11)15(18)19/h6-8,11-12H,2-5H2,1H3,(H,18,19). The molecule has 1 aliphatic carbocycles. The zero-order valence-electron chi connectivity index (χ0n) is 10.9. The van der Waals surface area contributed by atoms with Crippen LogP contribution in [0.25, 0.3) is 0 Å². The quantitative estimate of drug-likeness (QED) is 0.859. The van der Waals surface area contributed by atoms with Crippen LogP contribution in [-0.2, 0) is 4.79 Å². The molecule has 2 atom stereocenters. The molecule has 1 fully saturated rings. The Morgan fingerprint density at radius 2 is 1.84 bits per heavy atom. The lowest BCUT2D eigenvalue weighted by molar-refractivity contribution is -0.144. The van der Waals surface area contributed by atoms with E-state index in [9.17, 15) is 14.7 Å². The maximum atomic E-state index is 12.6. The molecule has 0 bridgehead atoms. The topological polar surface area (TPSA) is 54.4 Å². The highest BCUT2D eigenvalue weighted by Crippen LogP contribution is 2.33. The number of halogens is 1. The number of rotatable bonds is 3. The molecule has 102 valence electrons. The highest BCUT2D eigenvalue weighted by Gasteiger charge is 2.36. The summed E-state index contributed by atoms with van der Waals surface area (Å²) in [6.45, 7) is 1.85. The van der Waals surface area contributed by atoms with Gasteiger partial charge in [0.2, 0.25) is 0 Å². The molecule has 0 radical (unpaired) electrons. The summed E-state index contributed by atoms with van der Waals surface area (Å²) in [5.74, 6) is -1.91. The number of aliphatic carboxylic acids is 1. The molecule has 2 rings (SSSR count). The number of carboxylic acid groups (broad SMARTS) is 1. The summed E-state index contributed by atoms with van der Waals surface area (Å²) in [6, 6.07) is 5.18. The predicted molar refractivity (Wildman–Crippen MR) is 73.6 cm³/mol. The van der Waals surface area contributed by atoms with Gasteiger partial charge < -0.3 is 5.11 Å². The molecule has 0 aromatic heterocycles. The monoisotopic (exact) mass is 280 g/mol. The van der Waals surface area contributed by atoms with E-state index in [1.807, 2.05) is 6.92 Å². The Hall–Kier alpha value is -1.35. The van der Waals surface area contributed by atoms with Gasteiger partial charge in [-0.2, -0.15) is 0 Å². The Labute approximate surface area is 117 Å². The van der Waals surface area contributed by atoms with Crippen molar-refractivity contribution >= 4 is 23.4 Å². The fourth-order valence-corrected chi connectivity index (χ4v) is 2.97. The lowest BCUT2D eigenvalue weighted by Gasteiger charge is -2.27. The second kappa shape index (κ2) is 5.74. The van der Waals surface area contributed by atoms with Gasteiger partial charge in [0, 0.05) is 16.5 Å². The fraction of sp³-hybridized carbons (Fsp3) is 0.467. The number of aryl methyl sites for hydroxylation is 1. The van der Waals surface area contributed by atoms with Crippen molar-refractivity contribution in [1.29, 1.82) is 0 Å². The molecular weight excluding hydrogens is 264 g/mol. The first-order chi connectivity index (χ1) is 9.00. The van der Waals surface area contributed by atoms with Crippen molar-refractivity contribution in [2.45, 2.75) is 32.6 Å². The summed E-state index contributed by atoms with van der Waals surface area (Å²) < 4.78 is 0. The van der Waals surface area contributed by atoms with Gasteiger partial charge in [0.15, 0.2) is 5.78 Å². The first-order valence-corrected chi connectivity index (χ1v) is 6.91. The second-order valence-electron chi connectivity index (χ2n) is 5.16. The van der Waals surface area contributed by atoms with E-state index in [1.54, 1.807) is 18.2 Å². The fourth-order valence-electron chi connectivity index (χ4n) is 2.80. The third-order valence-electron chi connectivity index (χ3n) is 3.89. The number of hydrogen-bond acceptors (Lipinski definition) is 2. The van der Waals surface area contributed by atoms with Crippen LogP contribution in [-0.4, -0.2) is 16.9 Å². The summed E-state index contributed by atoms with van der Waals surface area (Å²) in [6.07, 6.45) is 3.04. The SMILES string of the molecule is Cc1ccc(Cl)cc1C(=O)C1CCCCC1C(=O)O. The van der Waals surface area contributed by atoms with Crippen LogP contribution in [0.2, 0.25) is 5.02 Å². The normalized spacial score (nSPS) is 23.1. The van der Waals surface area contributed by atoms with E-state index in [0.717, 1.165) is 18.4 Å². The van der Waals surface area contributed by atoms with Crippen LogP contribution in [0.5, 0.6) is 0 Å². The summed E-state index contributed by atoms with van der Waals surface area (Å²) in [5, 5.41) is 9.76.